The summed E-state index contributed by atoms with van der Waals surface area (Å²) in [4.78, 5) is 32.9. The largest absolute Gasteiger partial charge is 0.507 e. The second-order valence-electron chi connectivity index (χ2n) is 8.95. The normalized spacial score (nSPS) is 16.6. The molecule has 1 aliphatic heterocycles. The molecule has 5 rings (SSSR count). The molecule has 0 saturated carbocycles. The van der Waals surface area contributed by atoms with Crippen molar-refractivity contribution >= 4 is 28.8 Å². The molecule has 1 unspecified atom stereocenters. The number of Topliss-reactive ketones (excluding diaryl/α,β-unsaturated/α-hetero) is 1. The summed E-state index contributed by atoms with van der Waals surface area (Å²) in [6.45, 7) is 6.10. The van der Waals surface area contributed by atoms with E-state index in [9.17, 15) is 14.7 Å². The lowest BCUT2D eigenvalue weighted by Crippen LogP contribution is -2.29. The molecule has 0 bridgehead atoms. The highest BCUT2D eigenvalue weighted by Gasteiger charge is 2.46. The highest BCUT2D eigenvalue weighted by molar-refractivity contribution is 7.09. The van der Waals surface area contributed by atoms with E-state index in [0.717, 1.165) is 22.4 Å². The second-order valence-corrected chi connectivity index (χ2v) is 9.90. The fraction of sp³-hybridized carbons (Fsp3) is 0.129. The smallest absolute Gasteiger partial charge is 0.296 e. The molecule has 1 aliphatic rings. The summed E-state index contributed by atoms with van der Waals surface area (Å²) < 4.78 is 5.52. The van der Waals surface area contributed by atoms with Crippen LogP contribution in [0.15, 0.2) is 102 Å². The number of carbonyl (C=O) groups is 2. The van der Waals surface area contributed by atoms with Crippen LogP contribution in [0.1, 0.15) is 27.7 Å². The van der Waals surface area contributed by atoms with E-state index in [1.54, 1.807) is 30.3 Å². The molecule has 0 aliphatic carbocycles. The number of likely N-dealkylation sites (tertiary alicyclic amines) is 1. The number of amides is 1. The maximum Gasteiger partial charge on any atom is 0.296 e. The van der Waals surface area contributed by atoms with E-state index in [0.29, 0.717) is 22.9 Å². The van der Waals surface area contributed by atoms with Crippen LogP contribution in [0.4, 0.5) is 0 Å². The Morgan fingerprint density at radius 2 is 1.76 bits per heavy atom. The van der Waals surface area contributed by atoms with Gasteiger partial charge >= 0.3 is 0 Å². The molecule has 0 spiro atoms. The van der Waals surface area contributed by atoms with E-state index in [1.807, 2.05) is 66.9 Å². The lowest BCUT2D eigenvalue weighted by molar-refractivity contribution is -0.140. The van der Waals surface area contributed by atoms with Crippen molar-refractivity contribution in [3.63, 3.8) is 0 Å². The number of ether oxygens (including phenoxy) is 1. The Morgan fingerprint density at radius 3 is 2.45 bits per heavy atom. The number of ketones is 1. The summed E-state index contributed by atoms with van der Waals surface area (Å²) in [6.07, 6.45) is 1.64. The first-order chi connectivity index (χ1) is 18.5. The SMILES string of the molecule is C=CCOc1ccc(C(O)=C2C(=O)C(=O)N(Cc3nc(-c4ccccc4)cs3)C2c2ccc(C)cc2)cc1. The Balaban J connectivity index is 1.53. The van der Waals surface area contributed by atoms with Gasteiger partial charge in [0.1, 0.15) is 23.1 Å². The number of nitrogens with zero attached hydrogens (tertiary/aromatic N) is 2. The van der Waals surface area contributed by atoms with E-state index < -0.39 is 17.7 Å². The summed E-state index contributed by atoms with van der Waals surface area (Å²) in [5.74, 6) is -1.01. The van der Waals surface area contributed by atoms with Crippen LogP contribution in [0.2, 0.25) is 0 Å². The molecule has 38 heavy (non-hydrogen) atoms. The zero-order chi connectivity index (χ0) is 26.6. The average Bonchev–Trinajstić information content (AvgIpc) is 3.51. The summed E-state index contributed by atoms with van der Waals surface area (Å²) in [5.41, 5.74) is 4.06. The zero-order valence-corrected chi connectivity index (χ0v) is 21.7. The standard InChI is InChI=1S/C31H26N2O4S/c1-3-17-37-24-15-13-23(14-16-24)29(34)27-28(22-11-9-20(2)10-12-22)33(31(36)30(27)35)18-26-32-25(19-38-26)21-7-5-4-6-8-21/h3-16,19,28,34H,1,17-18H2,2H3. The molecule has 7 heteroatoms. The summed E-state index contributed by atoms with van der Waals surface area (Å²) >= 11 is 1.43. The number of aliphatic hydroxyl groups excluding tert-OH is 1. The van der Waals surface area contributed by atoms with Gasteiger partial charge < -0.3 is 14.7 Å². The Kier molecular flexibility index (Phi) is 7.20. The molecule has 1 fully saturated rings. The van der Waals surface area contributed by atoms with Gasteiger partial charge in [0.2, 0.25) is 0 Å². The molecule has 1 atom stereocenters. The minimum Gasteiger partial charge on any atom is -0.507 e. The Bertz CT molecular complexity index is 1510. The van der Waals surface area contributed by atoms with Gasteiger partial charge in [-0.15, -0.1) is 11.3 Å². The van der Waals surface area contributed by atoms with Gasteiger partial charge in [0.25, 0.3) is 11.7 Å². The number of aliphatic hydroxyl groups is 1. The zero-order valence-electron chi connectivity index (χ0n) is 20.8. The monoisotopic (exact) mass is 522 g/mol. The fourth-order valence-electron chi connectivity index (χ4n) is 4.43. The van der Waals surface area contributed by atoms with Crippen LogP contribution in [-0.2, 0) is 16.1 Å². The molecule has 0 radical (unpaired) electrons. The molecular formula is C31H26N2O4S. The number of benzene rings is 3. The number of thiazole rings is 1. The van der Waals surface area contributed by atoms with Crippen LogP contribution >= 0.6 is 11.3 Å². The van der Waals surface area contributed by atoms with Gasteiger partial charge in [0.05, 0.1) is 23.9 Å². The first-order valence-corrected chi connectivity index (χ1v) is 13.0. The van der Waals surface area contributed by atoms with E-state index in [2.05, 4.69) is 6.58 Å². The Morgan fingerprint density at radius 1 is 1.05 bits per heavy atom. The van der Waals surface area contributed by atoms with E-state index in [4.69, 9.17) is 9.72 Å². The van der Waals surface area contributed by atoms with Crippen LogP contribution in [-0.4, -0.2) is 33.3 Å². The van der Waals surface area contributed by atoms with Crippen LogP contribution in [0.5, 0.6) is 5.75 Å². The van der Waals surface area contributed by atoms with Gasteiger partial charge in [-0.25, -0.2) is 4.98 Å². The number of aromatic nitrogens is 1. The number of aryl methyl sites for hydroxylation is 1. The summed E-state index contributed by atoms with van der Waals surface area (Å²) in [5, 5.41) is 14.0. The van der Waals surface area contributed by atoms with E-state index in [-0.39, 0.29) is 17.9 Å². The molecule has 1 N–H and O–H groups in total. The minimum atomic E-state index is -0.753. The van der Waals surface area contributed by atoms with Crippen LogP contribution < -0.4 is 4.74 Å². The third-order valence-electron chi connectivity index (χ3n) is 6.36. The average molecular weight is 523 g/mol. The van der Waals surface area contributed by atoms with Gasteiger partial charge in [0, 0.05) is 16.5 Å². The summed E-state index contributed by atoms with van der Waals surface area (Å²) in [7, 11) is 0. The molecule has 2 heterocycles. The van der Waals surface area contributed by atoms with Crippen molar-refractivity contribution in [3.05, 3.63) is 124 Å². The lowest BCUT2D eigenvalue weighted by atomic mass is 9.94. The van der Waals surface area contributed by atoms with Gasteiger partial charge in [0.15, 0.2) is 0 Å². The molecule has 4 aromatic rings. The Hall–Kier alpha value is -4.49. The van der Waals surface area contributed by atoms with Crippen LogP contribution in [0, 0.1) is 6.92 Å². The van der Waals surface area contributed by atoms with Gasteiger partial charge in [-0.2, -0.15) is 0 Å². The van der Waals surface area contributed by atoms with Crippen molar-refractivity contribution in [2.75, 3.05) is 6.61 Å². The van der Waals surface area contributed by atoms with E-state index >= 15 is 0 Å². The lowest BCUT2D eigenvalue weighted by Gasteiger charge is -2.24. The highest BCUT2D eigenvalue weighted by atomic mass is 32.1. The Labute approximate surface area is 225 Å². The number of rotatable bonds is 8. The van der Waals surface area contributed by atoms with Crippen molar-refractivity contribution in [3.8, 4) is 17.0 Å². The predicted molar refractivity (Wildman–Crippen MR) is 149 cm³/mol. The first-order valence-electron chi connectivity index (χ1n) is 12.1. The number of hydrogen-bond donors (Lipinski definition) is 1. The molecule has 1 aromatic heterocycles. The quantitative estimate of drug-likeness (QED) is 0.127. The van der Waals surface area contributed by atoms with Crippen molar-refractivity contribution in [2.24, 2.45) is 0 Å². The first kappa shape index (κ1) is 25.2. The molecule has 1 amide bonds. The summed E-state index contributed by atoms with van der Waals surface area (Å²) in [6, 6.07) is 23.4. The van der Waals surface area contributed by atoms with Crippen molar-refractivity contribution in [1.82, 2.24) is 9.88 Å². The van der Waals surface area contributed by atoms with E-state index in [1.165, 1.54) is 16.2 Å². The number of carbonyl (C=O) groups excluding carboxylic acids is 2. The molecule has 3 aromatic carbocycles. The second kappa shape index (κ2) is 10.9. The number of hydrogen-bond acceptors (Lipinski definition) is 6. The predicted octanol–water partition coefficient (Wildman–Crippen LogP) is 6.31. The topological polar surface area (TPSA) is 79.7 Å². The third kappa shape index (κ3) is 5.01. The molecule has 6 nitrogen and oxygen atoms in total. The van der Waals surface area contributed by atoms with Crippen LogP contribution in [0.3, 0.4) is 0 Å². The maximum atomic E-state index is 13.3. The van der Waals surface area contributed by atoms with Crippen molar-refractivity contribution < 1.29 is 19.4 Å². The molecule has 190 valence electrons. The van der Waals surface area contributed by atoms with Crippen molar-refractivity contribution in [1.29, 1.82) is 0 Å². The minimum absolute atomic E-state index is 0.0541. The maximum absolute atomic E-state index is 13.3. The van der Waals surface area contributed by atoms with Crippen LogP contribution in [0.25, 0.3) is 17.0 Å². The van der Waals surface area contributed by atoms with Gasteiger partial charge in [-0.3, -0.25) is 9.59 Å². The van der Waals surface area contributed by atoms with Crippen molar-refractivity contribution in [2.45, 2.75) is 19.5 Å². The fourth-order valence-corrected chi connectivity index (χ4v) is 5.23. The van der Waals surface area contributed by atoms with Gasteiger partial charge in [-0.05, 0) is 36.8 Å². The molecule has 1 saturated heterocycles. The van der Waals surface area contributed by atoms with Gasteiger partial charge in [-0.1, -0.05) is 72.8 Å². The third-order valence-corrected chi connectivity index (χ3v) is 7.19. The highest BCUT2D eigenvalue weighted by Crippen LogP contribution is 2.41. The molecular weight excluding hydrogens is 496 g/mol.